The van der Waals surface area contributed by atoms with E-state index in [-0.39, 0.29) is 14.3 Å². The number of rotatable bonds is 4. The van der Waals surface area contributed by atoms with Crippen LogP contribution in [0.25, 0.3) is 0 Å². The van der Waals surface area contributed by atoms with Crippen molar-refractivity contribution in [2.45, 2.75) is 26.1 Å². The topological polar surface area (TPSA) is 26.3 Å². The Morgan fingerprint density at radius 2 is 2.00 bits per heavy atom. The number of ether oxygens (including phenoxy) is 1. The Balaban J connectivity index is 2.63. The Hall–Kier alpha value is -0.880. The van der Waals surface area contributed by atoms with Gasteiger partial charge in [0, 0.05) is 0 Å². The maximum Gasteiger partial charge on any atom is 0.200 e. The van der Waals surface area contributed by atoms with Gasteiger partial charge in [-0.2, -0.15) is 0 Å². The smallest absolute Gasteiger partial charge is 0.200 e. The van der Waals surface area contributed by atoms with Crippen LogP contribution in [-0.2, 0) is 4.57 Å². The fourth-order valence-corrected chi connectivity index (χ4v) is 1.27. The molecule has 0 aliphatic carbocycles. The van der Waals surface area contributed by atoms with E-state index < -0.39 is 0 Å². The van der Waals surface area contributed by atoms with Crippen molar-refractivity contribution >= 4 is 8.46 Å². The highest BCUT2D eigenvalue weighted by molar-refractivity contribution is 7.24. The summed E-state index contributed by atoms with van der Waals surface area (Å²) in [6.45, 7) is 3.97. The average molecular weight is 196 g/mol. The minimum absolute atomic E-state index is 0.0481. The Bertz CT molecular complexity index is 269. The SMILES string of the molecule is CCC(Oc1ccc(C)cc1)P=O. The quantitative estimate of drug-likeness (QED) is 0.690. The molecule has 1 aromatic carbocycles. The van der Waals surface area contributed by atoms with Gasteiger partial charge in [0.15, 0.2) is 5.85 Å². The van der Waals surface area contributed by atoms with Gasteiger partial charge >= 0.3 is 0 Å². The molecule has 1 atom stereocenters. The van der Waals surface area contributed by atoms with Crippen LogP contribution in [0.5, 0.6) is 5.75 Å². The van der Waals surface area contributed by atoms with Crippen molar-refractivity contribution in [2.75, 3.05) is 0 Å². The van der Waals surface area contributed by atoms with Gasteiger partial charge in [0.25, 0.3) is 0 Å². The zero-order valence-corrected chi connectivity index (χ0v) is 8.75. The molecular weight excluding hydrogens is 183 g/mol. The molecule has 0 N–H and O–H groups in total. The maximum atomic E-state index is 10.6. The third kappa shape index (κ3) is 3.16. The van der Waals surface area contributed by atoms with E-state index in [2.05, 4.69) is 0 Å². The lowest BCUT2D eigenvalue weighted by molar-refractivity contribution is 0.276. The summed E-state index contributed by atoms with van der Waals surface area (Å²) >= 11 is 0. The Morgan fingerprint density at radius 1 is 1.38 bits per heavy atom. The number of aryl methyl sites for hydroxylation is 1. The van der Waals surface area contributed by atoms with Crippen LogP contribution in [0.1, 0.15) is 18.9 Å². The first kappa shape index (κ1) is 10.2. The summed E-state index contributed by atoms with van der Waals surface area (Å²) in [5, 5.41) is 0. The predicted molar refractivity (Wildman–Crippen MR) is 53.5 cm³/mol. The lowest BCUT2D eigenvalue weighted by Crippen LogP contribution is -2.06. The minimum Gasteiger partial charge on any atom is -0.478 e. The molecule has 0 aromatic heterocycles. The molecule has 1 rings (SSSR count). The van der Waals surface area contributed by atoms with Crippen LogP contribution in [0, 0.1) is 6.92 Å². The van der Waals surface area contributed by atoms with E-state index >= 15 is 0 Å². The number of hydrogen-bond donors (Lipinski definition) is 0. The monoisotopic (exact) mass is 196 g/mol. The van der Waals surface area contributed by atoms with E-state index in [1.54, 1.807) is 0 Å². The largest absolute Gasteiger partial charge is 0.478 e. The van der Waals surface area contributed by atoms with E-state index in [9.17, 15) is 4.57 Å². The van der Waals surface area contributed by atoms with Crippen LogP contribution in [0.2, 0.25) is 0 Å². The van der Waals surface area contributed by atoms with Crippen molar-refractivity contribution in [3.8, 4) is 5.75 Å². The molecule has 13 heavy (non-hydrogen) atoms. The highest BCUT2D eigenvalue weighted by Crippen LogP contribution is 2.19. The summed E-state index contributed by atoms with van der Waals surface area (Å²) in [5.74, 6) is 0.559. The summed E-state index contributed by atoms with van der Waals surface area (Å²) in [6, 6.07) is 7.74. The first-order chi connectivity index (χ1) is 6.26. The predicted octanol–water partition coefficient (Wildman–Crippen LogP) is 3.40. The van der Waals surface area contributed by atoms with Crippen molar-refractivity contribution in [1.82, 2.24) is 0 Å². The molecule has 1 aromatic rings. The third-order valence-corrected chi connectivity index (χ3v) is 2.47. The van der Waals surface area contributed by atoms with E-state index in [4.69, 9.17) is 4.74 Å². The van der Waals surface area contributed by atoms with Crippen molar-refractivity contribution in [3.63, 3.8) is 0 Å². The standard InChI is InChI=1S/C10H13O2P/c1-3-10(13-11)12-9-6-4-8(2)5-7-9/h4-7,10H,3H2,1-2H3. The molecule has 70 valence electrons. The van der Waals surface area contributed by atoms with Crippen LogP contribution in [-0.4, -0.2) is 5.85 Å². The summed E-state index contributed by atoms with van der Waals surface area (Å²) in [7, 11) is 0.0481. The fourth-order valence-electron chi connectivity index (χ4n) is 0.953. The van der Waals surface area contributed by atoms with Crippen molar-refractivity contribution < 1.29 is 9.30 Å². The summed E-state index contributed by atoms with van der Waals surface area (Å²) in [4.78, 5) is 0. The lowest BCUT2D eigenvalue weighted by atomic mass is 10.2. The zero-order valence-electron chi connectivity index (χ0n) is 7.86. The van der Waals surface area contributed by atoms with Crippen molar-refractivity contribution in [2.24, 2.45) is 0 Å². The van der Waals surface area contributed by atoms with Crippen molar-refractivity contribution in [1.29, 1.82) is 0 Å². The average Bonchev–Trinajstić information content (AvgIpc) is 2.17. The number of hydrogen-bond acceptors (Lipinski definition) is 2. The molecule has 0 saturated heterocycles. The zero-order chi connectivity index (χ0) is 9.68. The van der Waals surface area contributed by atoms with Crippen molar-refractivity contribution in [3.05, 3.63) is 29.8 Å². The second-order valence-corrected chi connectivity index (χ2v) is 3.69. The number of benzene rings is 1. The van der Waals surface area contributed by atoms with Gasteiger partial charge in [0.05, 0.1) is 0 Å². The first-order valence-electron chi connectivity index (χ1n) is 4.32. The van der Waals surface area contributed by atoms with Crippen LogP contribution < -0.4 is 4.74 Å². The minimum atomic E-state index is -0.220. The molecule has 0 aliphatic heterocycles. The van der Waals surface area contributed by atoms with E-state index in [0.717, 1.165) is 12.2 Å². The molecule has 0 saturated carbocycles. The van der Waals surface area contributed by atoms with Gasteiger partial charge in [-0.25, -0.2) is 0 Å². The van der Waals surface area contributed by atoms with E-state index in [0.29, 0.717) is 0 Å². The highest BCUT2D eigenvalue weighted by atomic mass is 31.1. The van der Waals surface area contributed by atoms with Gasteiger partial charge in [-0.05, 0) is 25.5 Å². The van der Waals surface area contributed by atoms with Crippen LogP contribution >= 0.6 is 8.46 Å². The summed E-state index contributed by atoms with van der Waals surface area (Å²) in [6.07, 6.45) is 0.749. The van der Waals surface area contributed by atoms with Gasteiger partial charge < -0.3 is 4.74 Å². The second-order valence-electron chi connectivity index (χ2n) is 2.90. The molecular formula is C10H13O2P. The first-order valence-corrected chi connectivity index (χ1v) is 5.20. The fraction of sp³-hybridized carbons (Fsp3) is 0.400. The van der Waals surface area contributed by atoms with Gasteiger partial charge in [-0.1, -0.05) is 24.6 Å². The molecule has 3 heteroatoms. The Kier molecular flexibility index (Phi) is 3.91. The molecule has 0 bridgehead atoms. The lowest BCUT2D eigenvalue weighted by Gasteiger charge is -2.09. The van der Waals surface area contributed by atoms with Crippen LogP contribution in [0.15, 0.2) is 24.3 Å². The van der Waals surface area contributed by atoms with Gasteiger partial charge in [-0.15, -0.1) is 0 Å². The van der Waals surface area contributed by atoms with Gasteiger partial charge in [-0.3, -0.25) is 4.57 Å². The van der Waals surface area contributed by atoms with E-state index in [1.807, 2.05) is 38.1 Å². The van der Waals surface area contributed by atoms with E-state index in [1.165, 1.54) is 5.56 Å². The van der Waals surface area contributed by atoms with Gasteiger partial charge in [0.2, 0.25) is 8.46 Å². The molecule has 0 heterocycles. The normalized spacial score (nSPS) is 12.8. The van der Waals surface area contributed by atoms with Gasteiger partial charge in [0.1, 0.15) is 5.75 Å². The van der Waals surface area contributed by atoms with Crippen LogP contribution in [0.3, 0.4) is 0 Å². The second kappa shape index (κ2) is 4.98. The van der Waals surface area contributed by atoms with Crippen LogP contribution in [0.4, 0.5) is 0 Å². The maximum absolute atomic E-state index is 10.6. The molecule has 0 radical (unpaired) electrons. The molecule has 2 nitrogen and oxygen atoms in total. The third-order valence-electron chi connectivity index (χ3n) is 1.76. The summed E-state index contributed by atoms with van der Waals surface area (Å²) < 4.78 is 16.0. The summed E-state index contributed by atoms with van der Waals surface area (Å²) in [5.41, 5.74) is 1.19. The Morgan fingerprint density at radius 3 is 2.46 bits per heavy atom. The molecule has 1 unspecified atom stereocenters. The molecule has 0 spiro atoms. The molecule has 0 amide bonds. The molecule has 0 fully saturated rings. The Labute approximate surface area is 80.1 Å². The highest BCUT2D eigenvalue weighted by Gasteiger charge is 2.06. The molecule has 0 aliphatic rings.